The summed E-state index contributed by atoms with van der Waals surface area (Å²) in [5, 5.41) is 14.8. The van der Waals surface area contributed by atoms with Gasteiger partial charge in [0.1, 0.15) is 0 Å². The van der Waals surface area contributed by atoms with Gasteiger partial charge in [-0.2, -0.15) is 0 Å². The van der Waals surface area contributed by atoms with E-state index in [9.17, 15) is 0 Å². The first-order valence-electron chi connectivity index (χ1n) is 1.21. The zero-order valence-corrected chi connectivity index (χ0v) is 10.2. The summed E-state index contributed by atoms with van der Waals surface area (Å²) >= 11 is 0. The molecule has 0 amide bonds. The van der Waals surface area contributed by atoms with Gasteiger partial charge in [0.2, 0.25) is 0 Å². The van der Waals surface area contributed by atoms with Crippen LogP contribution in [0.15, 0.2) is 0 Å². The van der Waals surface area contributed by atoms with E-state index in [4.69, 9.17) is 32.8 Å². The molecular weight excluding hydrogens is 326 g/mol. The Hall–Kier alpha value is 0.367. The fourth-order valence-corrected chi connectivity index (χ4v) is 0. The Bertz CT molecular complexity index is 161. The van der Waals surface area contributed by atoms with E-state index >= 15 is 0 Å². The van der Waals surface area contributed by atoms with E-state index in [1.807, 2.05) is 0 Å². The molecule has 0 heterocycles. The van der Waals surface area contributed by atoms with Gasteiger partial charge in [-0.25, -0.2) is 0 Å². The summed E-state index contributed by atoms with van der Waals surface area (Å²) in [7, 11) is -5.17. The summed E-state index contributed by atoms with van der Waals surface area (Å²) < 4.78 is 34.1. The molecule has 75 valence electrons. The van der Waals surface area contributed by atoms with Crippen LogP contribution in [0.25, 0.3) is 0 Å². The minimum atomic E-state index is -5.17. The third kappa shape index (κ3) is 6770. The maximum Gasteiger partial charge on any atom is 1.00 e. The van der Waals surface area contributed by atoms with Crippen LogP contribution in [0.3, 0.4) is 0 Å². The molecule has 0 aromatic heterocycles. The monoisotopic (exact) mass is 334 g/mol. The number of quaternary nitrogens is 2. The average Bonchev–Trinajstić information content (AvgIpc) is 1.19. The number of hydrogen-bond donors (Lipinski definition) is 2. The Balaban J connectivity index is -0.0000000221. The number of hydrogen-bond acceptors (Lipinski definition) is 7. The molecular formula is H8CeN3O7S. The van der Waals surface area contributed by atoms with Crippen LogP contribution in [0.5, 0.6) is 0 Å². The second-order valence-electron chi connectivity index (χ2n) is 0.632. The van der Waals surface area contributed by atoms with Crippen LogP contribution in [-0.4, -0.2) is 22.6 Å². The molecule has 0 aromatic rings. The quantitative estimate of drug-likeness (QED) is 0.247. The molecule has 12 heavy (non-hydrogen) atoms. The third-order valence-electron chi connectivity index (χ3n) is 0. The van der Waals surface area contributed by atoms with Crippen molar-refractivity contribution in [3.05, 3.63) is 15.3 Å². The zero-order valence-electron chi connectivity index (χ0n) is 6.21. The van der Waals surface area contributed by atoms with Crippen molar-refractivity contribution < 1.29 is 64.4 Å². The predicted octanol–water partition coefficient (Wildman–Crippen LogP) is -0.825. The molecule has 0 aromatic carbocycles. The molecule has 8 N–H and O–H groups in total. The zero-order chi connectivity index (χ0) is 8.08. The number of nitrogens with zero attached hydrogens (tertiary/aromatic N) is 1. The van der Waals surface area contributed by atoms with E-state index in [1.165, 1.54) is 0 Å². The van der Waals surface area contributed by atoms with E-state index < -0.39 is 15.5 Å². The maximum atomic E-state index is 8.52. The molecule has 1 radical (unpaired) electrons. The Morgan fingerprint density at radius 2 is 1.00 bits per heavy atom. The van der Waals surface area contributed by atoms with Gasteiger partial charge in [-0.3, -0.25) is 8.42 Å². The SMILES string of the molecule is O=S(=O)([O-])[O-].O=[N+]([O-])[O-].[Ce+].[NH4+].[NH4+]. The Morgan fingerprint density at radius 1 is 1.00 bits per heavy atom. The molecule has 0 bridgehead atoms. The van der Waals surface area contributed by atoms with E-state index in [0.29, 0.717) is 0 Å². The molecule has 12 heteroatoms. The first kappa shape index (κ1) is 29.4. The van der Waals surface area contributed by atoms with Crippen LogP contribution in [0, 0.1) is 57.1 Å². The average molecular weight is 334 g/mol. The van der Waals surface area contributed by atoms with E-state index in [1.54, 1.807) is 0 Å². The molecule has 0 unspecified atom stereocenters. The van der Waals surface area contributed by atoms with Gasteiger partial charge >= 0.3 is 41.7 Å². The molecule has 0 rings (SSSR count). The topological polar surface area (TPSA) is 219 Å². The fraction of sp³-hybridized carbons (Fsp3) is 0. The molecule has 10 nitrogen and oxygen atoms in total. The van der Waals surface area contributed by atoms with Crippen molar-refractivity contribution in [2.45, 2.75) is 0 Å². The summed E-state index contributed by atoms with van der Waals surface area (Å²) in [6.45, 7) is 0. The maximum absolute atomic E-state index is 8.52. The van der Waals surface area contributed by atoms with Crippen molar-refractivity contribution in [2.75, 3.05) is 0 Å². The van der Waals surface area contributed by atoms with Crippen LogP contribution in [0.1, 0.15) is 0 Å². The molecule has 0 spiro atoms. The first-order valence-corrected chi connectivity index (χ1v) is 2.55. The van der Waals surface area contributed by atoms with Gasteiger partial charge in [0.15, 0.2) is 0 Å². The van der Waals surface area contributed by atoms with E-state index in [-0.39, 0.29) is 54.0 Å². The third-order valence-corrected chi connectivity index (χ3v) is 0. The summed E-state index contributed by atoms with van der Waals surface area (Å²) in [5.74, 6) is 0. The van der Waals surface area contributed by atoms with Crippen molar-refractivity contribution in [2.24, 2.45) is 0 Å². The van der Waals surface area contributed by atoms with Gasteiger partial charge < -0.3 is 36.7 Å². The van der Waals surface area contributed by atoms with Gasteiger partial charge in [-0.05, 0) is 0 Å². The smallest absolute Gasteiger partial charge is 0.759 e. The Morgan fingerprint density at radius 3 is 1.00 bits per heavy atom. The predicted molar refractivity (Wildman–Crippen MR) is 32.8 cm³/mol. The van der Waals surface area contributed by atoms with Crippen LogP contribution in [0.4, 0.5) is 0 Å². The standard InChI is InChI=1S/Ce.NO3.2H3N.H2O4S/c;2-1(3)4;;;1-5(2,3)4/h;;2*1H3;(H2,1,2,3,4)/q+1;-1;;;. The van der Waals surface area contributed by atoms with Crippen molar-refractivity contribution in [1.29, 1.82) is 0 Å². The van der Waals surface area contributed by atoms with Crippen molar-refractivity contribution in [3.63, 3.8) is 0 Å². The van der Waals surface area contributed by atoms with Crippen LogP contribution >= 0.6 is 0 Å². The molecule has 0 saturated carbocycles. The van der Waals surface area contributed by atoms with Crippen LogP contribution in [-0.2, 0) is 10.4 Å². The molecule has 0 fully saturated rings. The van der Waals surface area contributed by atoms with Gasteiger partial charge in [-0.1, -0.05) is 0 Å². The minimum Gasteiger partial charge on any atom is -0.759 e. The van der Waals surface area contributed by atoms with Gasteiger partial charge in [0.25, 0.3) is 0 Å². The Labute approximate surface area is 102 Å². The first-order chi connectivity index (χ1) is 3.73. The molecule has 0 aliphatic rings. The molecule has 0 aliphatic carbocycles. The summed E-state index contributed by atoms with van der Waals surface area (Å²) in [6, 6.07) is 0. The second-order valence-corrected chi connectivity index (χ2v) is 1.45. The van der Waals surface area contributed by atoms with Gasteiger partial charge in [-0.15, -0.1) is 0 Å². The van der Waals surface area contributed by atoms with Crippen molar-refractivity contribution in [3.8, 4) is 0 Å². The minimum absolute atomic E-state index is 0. The van der Waals surface area contributed by atoms with Crippen LogP contribution < -0.4 is 12.3 Å². The van der Waals surface area contributed by atoms with E-state index in [0.717, 1.165) is 0 Å². The summed E-state index contributed by atoms with van der Waals surface area (Å²) in [5.41, 5.74) is 0. The fourth-order valence-electron chi connectivity index (χ4n) is 0. The molecule has 0 atom stereocenters. The van der Waals surface area contributed by atoms with Crippen molar-refractivity contribution >= 4 is 10.4 Å². The molecule has 0 aliphatic heterocycles. The van der Waals surface area contributed by atoms with Crippen LogP contribution in [0.2, 0.25) is 0 Å². The normalized spacial score (nSPS) is 6.83. The molecule has 0 saturated heterocycles. The van der Waals surface area contributed by atoms with E-state index in [2.05, 4.69) is 0 Å². The Kier molecular flexibility index (Phi) is 34.2. The van der Waals surface area contributed by atoms with Gasteiger partial charge in [0.05, 0.1) is 5.09 Å². The second kappa shape index (κ2) is 13.9. The van der Waals surface area contributed by atoms with Crippen molar-refractivity contribution in [1.82, 2.24) is 12.3 Å². The number of rotatable bonds is 0. The summed E-state index contributed by atoms with van der Waals surface area (Å²) in [6.07, 6.45) is 0. The van der Waals surface area contributed by atoms with Gasteiger partial charge in [0, 0.05) is 10.4 Å². The largest absolute Gasteiger partial charge is 1.00 e. The summed E-state index contributed by atoms with van der Waals surface area (Å²) in [4.78, 5) is 8.25.